The van der Waals surface area contributed by atoms with E-state index in [9.17, 15) is 9.59 Å². The first-order valence-electron chi connectivity index (χ1n) is 5.32. The molecule has 5 heteroatoms. The largest absolute Gasteiger partial charge is 0.450 e. The summed E-state index contributed by atoms with van der Waals surface area (Å²) in [5, 5.41) is 0. The second-order valence-electron chi connectivity index (χ2n) is 3.67. The smallest absolute Gasteiger partial charge is 0.359 e. The maximum Gasteiger partial charge on any atom is 0.359 e. The molecule has 1 fully saturated rings. The number of cyclic esters (lactones) is 1. The van der Waals surface area contributed by atoms with E-state index in [1.54, 1.807) is 0 Å². The summed E-state index contributed by atoms with van der Waals surface area (Å²) in [6.45, 7) is 0. The highest BCUT2D eigenvalue weighted by atomic mass is 32.2. The minimum absolute atomic E-state index is 0.295. The summed E-state index contributed by atoms with van der Waals surface area (Å²) in [6.07, 6.45) is -0.00191. The number of hydrogen-bond donors (Lipinski definition) is 0. The van der Waals surface area contributed by atoms with E-state index in [-0.39, 0.29) is 5.97 Å². The summed E-state index contributed by atoms with van der Waals surface area (Å²) in [4.78, 5) is 22.3. The Labute approximate surface area is 103 Å². The Morgan fingerprint density at radius 2 is 2.18 bits per heavy atom. The third kappa shape index (κ3) is 3.49. The minimum Gasteiger partial charge on any atom is -0.450 e. The van der Waals surface area contributed by atoms with Gasteiger partial charge in [-0.15, -0.1) is 0 Å². The van der Waals surface area contributed by atoms with Crippen LogP contribution in [0.25, 0.3) is 0 Å². The molecule has 0 saturated carbocycles. The molecule has 0 spiro atoms. The molecule has 0 N–H and O–H groups in total. The molecule has 1 heterocycles. The predicted molar refractivity (Wildman–Crippen MR) is 62.9 cm³/mol. The Kier molecular flexibility index (Phi) is 4.03. The van der Waals surface area contributed by atoms with E-state index in [0.29, 0.717) is 18.6 Å². The lowest BCUT2D eigenvalue weighted by atomic mass is 10.2. The molecule has 17 heavy (non-hydrogen) atoms. The normalized spacial score (nSPS) is 18.8. The Hall–Kier alpha value is -1.49. The van der Waals surface area contributed by atoms with Crippen LogP contribution >= 0.6 is 12.0 Å². The van der Waals surface area contributed by atoms with Gasteiger partial charge in [-0.2, -0.15) is 0 Å². The molecular formula is C12H12O4S. The van der Waals surface area contributed by atoms with E-state index < -0.39 is 12.1 Å². The van der Waals surface area contributed by atoms with Crippen LogP contribution in [-0.2, 0) is 24.3 Å². The molecule has 1 aliphatic heterocycles. The zero-order valence-corrected chi connectivity index (χ0v) is 9.94. The summed E-state index contributed by atoms with van der Waals surface area (Å²) >= 11 is 1.06. The van der Waals surface area contributed by atoms with Gasteiger partial charge >= 0.3 is 11.9 Å². The molecule has 0 amide bonds. The molecule has 0 bridgehead atoms. The van der Waals surface area contributed by atoms with Crippen molar-refractivity contribution in [2.45, 2.75) is 24.7 Å². The number of esters is 1. The van der Waals surface area contributed by atoms with Crippen LogP contribution in [0.1, 0.15) is 18.4 Å². The molecule has 1 aromatic carbocycles. The Morgan fingerprint density at radius 1 is 1.41 bits per heavy atom. The van der Waals surface area contributed by atoms with Crippen molar-refractivity contribution < 1.29 is 18.5 Å². The van der Waals surface area contributed by atoms with Gasteiger partial charge in [0.1, 0.15) is 0 Å². The van der Waals surface area contributed by atoms with Gasteiger partial charge in [0, 0.05) is 12.8 Å². The number of benzene rings is 1. The van der Waals surface area contributed by atoms with Gasteiger partial charge < -0.3 is 8.92 Å². The van der Waals surface area contributed by atoms with E-state index >= 15 is 0 Å². The van der Waals surface area contributed by atoms with Crippen molar-refractivity contribution in [2.75, 3.05) is 0 Å². The highest BCUT2D eigenvalue weighted by molar-refractivity contribution is 7.94. The van der Waals surface area contributed by atoms with E-state index in [4.69, 9.17) is 8.92 Å². The second kappa shape index (κ2) is 5.72. The standard InChI is InChI=1S/C12H12O4S/c13-11-7-6-10(15-11)12(14)16-17-8-9-4-2-1-3-5-9/h1-5,10H,6-8H2. The van der Waals surface area contributed by atoms with Gasteiger partial charge in [0.2, 0.25) is 6.10 Å². The molecule has 1 saturated heterocycles. The summed E-state index contributed by atoms with van der Waals surface area (Å²) < 4.78 is 9.78. The summed E-state index contributed by atoms with van der Waals surface area (Å²) in [5.74, 6) is -0.218. The fourth-order valence-electron chi connectivity index (χ4n) is 1.47. The van der Waals surface area contributed by atoms with Gasteiger partial charge in [-0.3, -0.25) is 4.79 Å². The van der Waals surface area contributed by atoms with E-state index in [1.165, 1.54) is 0 Å². The Balaban J connectivity index is 1.72. The van der Waals surface area contributed by atoms with Crippen LogP contribution < -0.4 is 0 Å². The molecule has 1 unspecified atom stereocenters. The van der Waals surface area contributed by atoms with Crippen LogP contribution in [0.4, 0.5) is 0 Å². The fraction of sp³-hybridized carbons (Fsp3) is 0.333. The quantitative estimate of drug-likeness (QED) is 0.606. The van der Waals surface area contributed by atoms with Crippen LogP contribution in [0.2, 0.25) is 0 Å². The lowest BCUT2D eigenvalue weighted by Gasteiger charge is -2.07. The summed E-state index contributed by atoms with van der Waals surface area (Å²) in [6, 6.07) is 9.69. The third-order valence-electron chi connectivity index (χ3n) is 2.36. The zero-order valence-electron chi connectivity index (χ0n) is 9.13. The first-order valence-corrected chi connectivity index (χ1v) is 6.23. The van der Waals surface area contributed by atoms with Gasteiger partial charge in [-0.25, -0.2) is 4.79 Å². The van der Waals surface area contributed by atoms with E-state index in [1.807, 2.05) is 30.3 Å². The zero-order chi connectivity index (χ0) is 12.1. The van der Waals surface area contributed by atoms with Crippen LogP contribution in [0.5, 0.6) is 0 Å². The van der Waals surface area contributed by atoms with Crippen molar-refractivity contribution in [3.8, 4) is 0 Å². The number of ether oxygens (including phenoxy) is 1. The summed E-state index contributed by atoms with van der Waals surface area (Å²) in [5.41, 5.74) is 1.08. The average molecular weight is 252 g/mol. The number of carbonyl (C=O) groups excluding carboxylic acids is 2. The van der Waals surface area contributed by atoms with E-state index in [0.717, 1.165) is 17.6 Å². The van der Waals surface area contributed by atoms with Crippen LogP contribution in [0.15, 0.2) is 30.3 Å². The van der Waals surface area contributed by atoms with Gasteiger partial charge in [0.25, 0.3) is 0 Å². The second-order valence-corrected chi connectivity index (χ2v) is 4.36. The van der Waals surface area contributed by atoms with Crippen molar-refractivity contribution in [1.82, 2.24) is 0 Å². The molecule has 0 aliphatic carbocycles. The number of hydrogen-bond acceptors (Lipinski definition) is 5. The van der Waals surface area contributed by atoms with Crippen molar-refractivity contribution >= 4 is 24.0 Å². The highest BCUT2D eigenvalue weighted by Gasteiger charge is 2.31. The Morgan fingerprint density at radius 3 is 2.82 bits per heavy atom. The maximum atomic E-state index is 11.5. The lowest BCUT2D eigenvalue weighted by Crippen LogP contribution is -2.20. The monoisotopic (exact) mass is 252 g/mol. The van der Waals surface area contributed by atoms with Crippen molar-refractivity contribution in [3.63, 3.8) is 0 Å². The third-order valence-corrected chi connectivity index (χ3v) is 3.09. The topological polar surface area (TPSA) is 52.6 Å². The predicted octanol–water partition coefficient (Wildman–Crippen LogP) is 2.08. The van der Waals surface area contributed by atoms with Gasteiger partial charge in [0.15, 0.2) is 0 Å². The van der Waals surface area contributed by atoms with Crippen LogP contribution in [0, 0.1) is 0 Å². The van der Waals surface area contributed by atoms with Crippen molar-refractivity contribution in [1.29, 1.82) is 0 Å². The van der Waals surface area contributed by atoms with Crippen LogP contribution in [0.3, 0.4) is 0 Å². The minimum atomic E-state index is -0.717. The highest BCUT2D eigenvalue weighted by Crippen LogP contribution is 2.19. The number of rotatable bonds is 4. The molecule has 1 aromatic rings. The van der Waals surface area contributed by atoms with Gasteiger partial charge in [-0.05, 0) is 5.56 Å². The molecule has 1 atom stereocenters. The SMILES string of the molecule is O=C1CCC(C(=O)OSCc2ccccc2)O1. The van der Waals surface area contributed by atoms with Crippen LogP contribution in [-0.4, -0.2) is 18.0 Å². The maximum absolute atomic E-state index is 11.5. The molecule has 0 aromatic heterocycles. The van der Waals surface area contributed by atoms with E-state index in [2.05, 4.69) is 0 Å². The molecule has 1 aliphatic rings. The van der Waals surface area contributed by atoms with Gasteiger partial charge in [0.05, 0.1) is 17.8 Å². The molecule has 2 rings (SSSR count). The Bertz CT molecular complexity index is 404. The summed E-state index contributed by atoms with van der Waals surface area (Å²) in [7, 11) is 0. The first-order chi connectivity index (χ1) is 8.25. The van der Waals surface area contributed by atoms with Crippen molar-refractivity contribution in [2.24, 2.45) is 0 Å². The average Bonchev–Trinajstić information content (AvgIpc) is 2.77. The molecule has 90 valence electrons. The molecular weight excluding hydrogens is 240 g/mol. The molecule has 4 nitrogen and oxygen atoms in total. The first kappa shape index (κ1) is 12.0. The molecule has 0 radical (unpaired) electrons. The number of carbonyl (C=O) groups is 2. The lowest BCUT2D eigenvalue weighted by molar-refractivity contribution is -0.154. The fourth-order valence-corrected chi connectivity index (χ4v) is 2.09. The van der Waals surface area contributed by atoms with Crippen molar-refractivity contribution in [3.05, 3.63) is 35.9 Å². The van der Waals surface area contributed by atoms with Gasteiger partial charge in [-0.1, -0.05) is 30.3 Å².